The highest BCUT2D eigenvalue weighted by atomic mass is 16.6. The zero-order chi connectivity index (χ0) is 16.6. The largest absolute Gasteiger partial charge is 0.393 e. The molecule has 0 saturated heterocycles. The van der Waals surface area contributed by atoms with Gasteiger partial charge in [-0.3, -0.25) is 10.1 Å². The smallest absolute Gasteiger partial charge is 0.292 e. The summed E-state index contributed by atoms with van der Waals surface area (Å²) in [6.45, 7) is 0. The van der Waals surface area contributed by atoms with Gasteiger partial charge in [0.25, 0.3) is 5.69 Å². The van der Waals surface area contributed by atoms with Crippen LogP contribution in [0.15, 0.2) is 36.4 Å². The fourth-order valence-electron chi connectivity index (χ4n) is 2.32. The molecule has 0 radical (unpaired) electrons. The van der Waals surface area contributed by atoms with Crippen LogP contribution in [0.25, 0.3) is 22.0 Å². The highest BCUT2D eigenvalue weighted by molar-refractivity contribution is 5.93. The number of nitrogens with two attached hydrogens (primary N) is 3. The van der Waals surface area contributed by atoms with Crippen molar-refractivity contribution >= 4 is 34.0 Å². The highest BCUT2D eigenvalue weighted by Gasteiger charge is 2.14. The first-order valence-corrected chi connectivity index (χ1v) is 6.58. The lowest BCUT2D eigenvalue weighted by Crippen LogP contribution is -2.11. The Morgan fingerprint density at radius 3 is 2.43 bits per heavy atom. The second kappa shape index (κ2) is 5.39. The van der Waals surface area contributed by atoms with Gasteiger partial charge >= 0.3 is 0 Å². The van der Waals surface area contributed by atoms with Gasteiger partial charge in [0.2, 0.25) is 5.95 Å². The summed E-state index contributed by atoms with van der Waals surface area (Å²) in [5.74, 6) is 5.93. The van der Waals surface area contributed by atoms with Crippen LogP contribution in [0.3, 0.4) is 0 Å². The highest BCUT2D eigenvalue weighted by Crippen LogP contribution is 2.31. The summed E-state index contributed by atoms with van der Waals surface area (Å²) in [6, 6.07) is 9.93. The van der Waals surface area contributed by atoms with Crippen LogP contribution in [0.5, 0.6) is 0 Å². The average molecular weight is 311 g/mol. The SMILES string of the molecule is NNc1nc(N)nc2ccc(-c3ccc(N)c([N+](=O)[O-])c3)cc12. The number of nitro groups is 1. The van der Waals surface area contributed by atoms with Gasteiger partial charge in [-0.25, -0.2) is 10.8 Å². The number of nitrogens with one attached hydrogen (secondary N) is 1. The molecule has 7 N–H and O–H groups in total. The summed E-state index contributed by atoms with van der Waals surface area (Å²) in [6.07, 6.45) is 0. The normalized spacial score (nSPS) is 10.7. The van der Waals surface area contributed by atoms with Crippen LogP contribution in [0.1, 0.15) is 0 Å². The van der Waals surface area contributed by atoms with Gasteiger partial charge in [0.15, 0.2) is 5.82 Å². The van der Waals surface area contributed by atoms with Gasteiger partial charge in [0, 0.05) is 11.5 Å². The minimum atomic E-state index is -0.517. The van der Waals surface area contributed by atoms with E-state index in [0.29, 0.717) is 22.3 Å². The molecule has 3 rings (SSSR count). The molecule has 0 aliphatic carbocycles. The standard InChI is InChI=1S/C14H13N7O2/c15-10-3-1-8(6-12(10)21(22)23)7-2-4-11-9(5-7)13(20-17)19-14(16)18-11/h1-6H,15,17H2,(H3,16,18,19,20). The monoisotopic (exact) mass is 311 g/mol. The van der Waals surface area contributed by atoms with Crippen molar-refractivity contribution in [2.24, 2.45) is 5.84 Å². The molecule has 0 aliphatic rings. The lowest BCUT2D eigenvalue weighted by molar-refractivity contribution is -0.383. The van der Waals surface area contributed by atoms with E-state index < -0.39 is 4.92 Å². The maximum atomic E-state index is 11.0. The van der Waals surface area contributed by atoms with Crippen LogP contribution >= 0.6 is 0 Å². The molecule has 23 heavy (non-hydrogen) atoms. The number of aromatic nitrogens is 2. The molecular formula is C14H13N7O2. The second-order valence-corrected chi connectivity index (χ2v) is 4.84. The maximum absolute atomic E-state index is 11.0. The zero-order valence-corrected chi connectivity index (χ0v) is 11.9. The average Bonchev–Trinajstić information content (AvgIpc) is 2.53. The van der Waals surface area contributed by atoms with Gasteiger partial charge in [-0.15, -0.1) is 0 Å². The summed E-state index contributed by atoms with van der Waals surface area (Å²) in [5.41, 5.74) is 15.7. The van der Waals surface area contributed by atoms with Crippen LogP contribution in [-0.2, 0) is 0 Å². The van der Waals surface area contributed by atoms with Gasteiger partial charge in [-0.1, -0.05) is 12.1 Å². The Labute approximate surface area is 130 Å². The fourth-order valence-corrected chi connectivity index (χ4v) is 2.32. The first-order chi connectivity index (χ1) is 11.0. The van der Waals surface area contributed by atoms with E-state index in [0.717, 1.165) is 5.56 Å². The Morgan fingerprint density at radius 2 is 1.74 bits per heavy atom. The van der Waals surface area contributed by atoms with Crippen molar-refractivity contribution in [3.8, 4) is 11.1 Å². The summed E-state index contributed by atoms with van der Waals surface area (Å²) >= 11 is 0. The van der Waals surface area contributed by atoms with E-state index in [2.05, 4.69) is 15.4 Å². The van der Waals surface area contributed by atoms with Gasteiger partial charge in [0.1, 0.15) is 5.69 Å². The van der Waals surface area contributed by atoms with Crippen LogP contribution in [-0.4, -0.2) is 14.9 Å². The van der Waals surface area contributed by atoms with E-state index in [1.54, 1.807) is 24.3 Å². The molecule has 0 atom stereocenters. The molecule has 0 bridgehead atoms. The summed E-state index contributed by atoms with van der Waals surface area (Å²) in [7, 11) is 0. The molecule has 116 valence electrons. The van der Waals surface area contributed by atoms with E-state index in [9.17, 15) is 10.1 Å². The van der Waals surface area contributed by atoms with Gasteiger partial charge in [0.05, 0.1) is 10.4 Å². The second-order valence-electron chi connectivity index (χ2n) is 4.84. The van der Waals surface area contributed by atoms with E-state index in [1.165, 1.54) is 12.1 Å². The summed E-state index contributed by atoms with van der Waals surface area (Å²) in [5, 5.41) is 11.7. The van der Waals surface area contributed by atoms with Crippen LogP contribution < -0.4 is 22.7 Å². The van der Waals surface area contributed by atoms with Crippen molar-refractivity contribution in [2.75, 3.05) is 16.9 Å². The molecule has 0 amide bonds. The van der Waals surface area contributed by atoms with Gasteiger partial charge < -0.3 is 16.9 Å². The fraction of sp³-hybridized carbons (Fsp3) is 0. The minimum absolute atomic E-state index is 0.0984. The Hall–Kier alpha value is -3.46. The maximum Gasteiger partial charge on any atom is 0.292 e. The van der Waals surface area contributed by atoms with Crippen LogP contribution in [0.2, 0.25) is 0 Å². The number of rotatable bonds is 3. The number of nitro benzene ring substituents is 1. The molecule has 3 aromatic rings. The quantitative estimate of drug-likeness (QED) is 0.246. The van der Waals surface area contributed by atoms with E-state index in [-0.39, 0.29) is 17.3 Å². The number of nitrogens with zero attached hydrogens (tertiary/aromatic N) is 3. The topological polar surface area (TPSA) is 159 Å². The zero-order valence-electron chi connectivity index (χ0n) is 11.9. The number of nitrogen functional groups attached to an aromatic ring is 3. The molecule has 0 aliphatic heterocycles. The van der Waals surface area contributed by atoms with E-state index in [1.807, 2.05) is 0 Å². The van der Waals surface area contributed by atoms with Crippen molar-refractivity contribution < 1.29 is 4.92 Å². The molecule has 0 saturated carbocycles. The first kappa shape index (κ1) is 14.5. The summed E-state index contributed by atoms with van der Waals surface area (Å²) < 4.78 is 0. The first-order valence-electron chi connectivity index (χ1n) is 6.58. The van der Waals surface area contributed by atoms with E-state index in [4.69, 9.17) is 17.3 Å². The Kier molecular flexibility index (Phi) is 3.39. The molecule has 9 nitrogen and oxygen atoms in total. The molecule has 2 aromatic carbocycles. The number of fused-ring (bicyclic) bond motifs is 1. The minimum Gasteiger partial charge on any atom is -0.393 e. The molecule has 9 heteroatoms. The van der Waals surface area contributed by atoms with Crippen molar-refractivity contribution in [1.82, 2.24) is 9.97 Å². The Bertz CT molecular complexity index is 926. The van der Waals surface area contributed by atoms with Crippen molar-refractivity contribution in [3.05, 3.63) is 46.5 Å². The van der Waals surface area contributed by atoms with Crippen LogP contribution in [0.4, 0.5) is 23.1 Å². The number of hydrogen-bond acceptors (Lipinski definition) is 8. The Morgan fingerprint density at radius 1 is 1.04 bits per heavy atom. The predicted molar refractivity (Wildman–Crippen MR) is 88.3 cm³/mol. The van der Waals surface area contributed by atoms with E-state index >= 15 is 0 Å². The third-order valence-electron chi connectivity index (χ3n) is 3.41. The molecule has 0 fully saturated rings. The summed E-state index contributed by atoms with van der Waals surface area (Å²) in [4.78, 5) is 18.6. The molecule has 1 heterocycles. The number of benzene rings is 2. The lowest BCUT2D eigenvalue weighted by atomic mass is 10.0. The van der Waals surface area contributed by atoms with Crippen molar-refractivity contribution in [3.63, 3.8) is 0 Å². The van der Waals surface area contributed by atoms with Gasteiger partial charge in [-0.05, 0) is 29.3 Å². The predicted octanol–water partition coefficient (Wildman–Crippen LogP) is 1.66. The molecule has 0 spiro atoms. The number of hydrazine groups is 1. The number of hydrogen-bond donors (Lipinski definition) is 4. The van der Waals surface area contributed by atoms with Crippen molar-refractivity contribution in [2.45, 2.75) is 0 Å². The molecular weight excluding hydrogens is 298 g/mol. The lowest BCUT2D eigenvalue weighted by Gasteiger charge is -2.08. The molecule has 0 unspecified atom stereocenters. The number of anilines is 3. The van der Waals surface area contributed by atoms with Crippen molar-refractivity contribution in [1.29, 1.82) is 0 Å². The molecule has 1 aromatic heterocycles. The third-order valence-corrected chi connectivity index (χ3v) is 3.41. The third kappa shape index (κ3) is 2.56. The van der Waals surface area contributed by atoms with Crippen LogP contribution in [0, 0.1) is 10.1 Å². The Balaban J connectivity index is 2.19. The van der Waals surface area contributed by atoms with Gasteiger partial charge in [-0.2, -0.15) is 4.98 Å².